The molecule has 0 saturated carbocycles. The molecule has 0 aliphatic carbocycles. The Morgan fingerprint density at radius 3 is 1.30 bits per heavy atom. The Balaban J connectivity index is 0.947. The molecule has 0 spiro atoms. The fourth-order valence-electron chi connectivity index (χ4n) is 12.8. The van der Waals surface area contributed by atoms with E-state index < -0.39 is 0 Å². The maximum Gasteiger partial charge on any atom is 0.256 e. The second kappa shape index (κ2) is 16.8. The summed E-state index contributed by atoms with van der Waals surface area (Å²) < 4.78 is 21.6. The van der Waals surface area contributed by atoms with Gasteiger partial charge in [0, 0.05) is 78.6 Å². The zero-order chi connectivity index (χ0) is 50.9. The molecule has 0 fully saturated rings. The molecule has 4 heterocycles. The summed E-state index contributed by atoms with van der Waals surface area (Å²) in [5, 5.41) is 8.72. The standard InChI is InChI=1S/C70H46BN3O3/c1-43-21-19-22-44(2)70(43)74-57-35-20-36-61-69(57)71(55-39-62-53(37-60(55)74)67-51-33-17-15-31-49(51)58(41-65(67)76-62)72(45-23-7-3-8-24-45)46-25-9-4-10-26-46)56-40-63-54(38-64(56)75-61)68-52-34-18-16-32-50(52)59(42-66(68)77-63)73(47-27-11-5-12-28-47)48-29-13-6-14-30-48/h3-42H,1-2H3. The minimum atomic E-state index is -0.214. The third kappa shape index (κ3) is 6.50. The van der Waals surface area contributed by atoms with Crippen LogP contribution in [-0.4, -0.2) is 6.71 Å². The number of rotatable bonds is 7. The van der Waals surface area contributed by atoms with Gasteiger partial charge in [-0.1, -0.05) is 146 Å². The van der Waals surface area contributed by atoms with Gasteiger partial charge in [0.05, 0.1) is 17.1 Å². The van der Waals surface area contributed by atoms with Crippen molar-refractivity contribution in [2.45, 2.75) is 13.8 Å². The van der Waals surface area contributed by atoms with Crippen molar-refractivity contribution in [1.29, 1.82) is 0 Å². The lowest BCUT2D eigenvalue weighted by molar-refractivity contribution is 0.488. The fourth-order valence-corrected chi connectivity index (χ4v) is 12.8. The Labute approximate surface area is 444 Å². The smallest absolute Gasteiger partial charge is 0.256 e. The molecule has 14 aromatic rings. The van der Waals surface area contributed by atoms with E-state index in [2.05, 4.69) is 271 Å². The van der Waals surface area contributed by atoms with Gasteiger partial charge in [-0.15, -0.1) is 0 Å². The lowest BCUT2D eigenvalue weighted by Gasteiger charge is -2.40. The molecular weight excluding hydrogens is 942 g/mol. The van der Waals surface area contributed by atoms with E-state index in [1.54, 1.807) is 0 Å². The van der Waals surface area contributed by atoms with Crippen LogP contribution in [0.3, 0.4) is 0 Å². The largest absolute Gasteiger partial charge is 0.458 e. The average molecular weight is 988 g/mol. The molecule has 0 unspecified atom stereocenters. The number of hydrogen-bond acceptors (Lipinski definition) is 6. The van der Waals surface area contributed by atoms with Gasteiger partial charge < -0.3 is 28.3 Å². The van der Waals surface area contributed by atoms with Crippen LogP contribution in [0.25, 0.3) is 65.4 Å². The van der Waals surface area contributed by atoms with Crippen molar-refractivity contribution >= 4 is 140 Å². The molecule has 2 aliphatic rings. The molecule has 16 rings (SSSR count). The number of hydrogen-bond donors (Lipinski definition) is 0. The molecule has 2 aliphatic heterocycles. The Kier molecular flexibility index (Phi) is 9.46. The molecule has 77 heavy (non-hydrogen) atoms. The van der Waals surface area contributed by atoms with Gasteiger partial charge in [0.1, 0.15) is 33.8 Å². The first kappa shape index (κ1) is 43.4. The third-order valence-electron chi connectivity index (χ3n) is 16.1. The summed E-state index contributed by atoms with van der Waals surface area (Å²) in [5.74, 6) is 1.65. The molecular formula is C70H46BN3O3. The number of anilines is 9. The van der Waals surface area contributed by atoms with Crippen LogP contribution in [0.2, 0.25) is 0 Å². The van der Waals surface area contributed by atoms with E-state index in [-0.39, 0.29) is 6.71 Å². The van der Waals surface area contributed by atoms with E-state index >= 15 is 0 Å². The van der Waals surface area contributed by atoms with E-state index in [9.17, 15) is 0 Å². The first-order chi connectivity index (χ1) is 38.0. The van der Waals surface area contributed by atoms with Crippen LogP contribution in [-0.2, 0) is 0 Å². The summed E-state index contributed by atoms with van der Waals surface area (Å²) in [5.41, 5.74) is 18.6. The number of fused-ring (bicyclic) bond motifs is 14. The lowest BCUT2D eigenvalue weighted by atomic mass is 9.34. The van der Waals surface area contributed by atoms with Crippen molar-refractivity contribution in [3.8, 4) is 11.5 Å². The summed E-state index contributed by atoms with van der Waals surface area (Å²) in [6.07, 6.45) is 0. The van der Waals surface area contributed by atoms with Crippen molar-refractivity contribution in [3.63, 3.8) is 0 Å². The van der Waals surface area contributed by atoms with E-state index in [1.807, 2.05) is 0 Å². The monoisotopic (exact) mass is 987 g/mol. The average Bonchev–Trinajstić information content (AvgIpc) is 4.27. The number of nitrogens with zero attached hydrogens (tertiary/aromatic N) is 3. The quantitative estimate of drug-likeness (QED) is 0.148. The highest BCUT2D eigenvalue weighted by atomic mass is 16.5. The van der Waals surface area contributed by atoms with E-state index in [4.69, 9.17) is 13.6 Å². The number of aryl methyl sites for hydroxylation is 2. The number of para-hydroxylation sites is 5. The van der Waals surface area contributed by atoms with Crippen molar-refractivity contribution in [2.75, 3.05) is 14.7 Å². The summed E-state index contributed by atoms with van der Waals surface area (Å²) >= 11 is 0. The molecule has 0 bridgehead atoms. The topological polar surface area (TPSA) is 45.2 Å². The zero-order valence-electron chi connectivity index (χ0n) is 42.2. The van der Waals surface area contributed by atoms with Crippen molar-refractivity contribution in [1.82, 2.24) is 0 Å². The van der Waals surface area contributed by atoms with Gasteiger partial charge in [0.2, 0.25) is 0 Å². The second-order valence-corrected chi connectivity index (χ2v) is 20.4. The summed E-state index contributed by atoms with van der Waals surface area (Å²) in [7, 11) is 0. The molecule has 2 aromatic heterocycles. The fraction of sp³-hybridized carbons (Fsp3) is 0.0286. The summed E-state index contributed by atoms with van der Waals surface area (Å²) in [6, 6.07) is 86.6. The Bertz CT molecular complexity index is 4610. The minimum absolute atomic E-state index is 0.214. The van der Waals surface area contributed by atoms with Crippen molar-refractivity contribution in [2.24, 2.45) is 0 Å². The van der Waals surface area contributed by atoms with Gasteiger partial charge in [0.25, 0.3) is 6.71 Å². The zero-order valence-corrected chi connectivity index (χ0v) is 42.2. The van der Waals surface area contributed by atoms with Gasteiger partial charge in [-0.05, 0) is 137 Å². The molecule has 12 aromatic carbocycles. The molecule has 7 heteroatoms. The SMILES string of the molecule is Cc1cccc(C)c1N1c2cc3c(cc2B2c4cc5oc6cc(N(c7ccccc7)c7ccccc7)c7ccccc7c6c5cc4Oc4cccc1c42)oc1cc(N(c2ccccc2)c2ccccc2)c2ccccc2c13. The molecule has 0 N–H and O–H groups in total. The lowest BCUT2D eigenvalue weighted by Crippen LogP contribution is -2.59. The maximum atomic E-state index is 7.24. The van der Waals surface area contributed by atoms with Gasteiger partial charge in [-0.3, -0.25) is 0 Å². The van der Waals surface area contributed by atoms with Gasteiger partial charge >= 0.3 is 0 Å². The Morgan fingerprint density at radius 1 is 0.351 bits per heavy atom. The van der Waals surface area contributed by atoms with Gasteiger partial charge in [0.15, 0.2) is 0 Å². The van der Waals surface area contributed by atoms with Gasteiger partial charge in [-0.25, -0.2) is 0 Å². The first-order valence-electron chi connectivity index (χ1n) is 26.4. The molecule has 6 nitrogen and oxygen atoms in total. The van der Waals surface area contributed by atoms with Crippen LogP contribution in [0.4, 0.5) is 51.2 Å². The normalized spacial score (nSPS) is 12.6. The second-order valence-electron chi connectivity index (χ2n) is 20.4. The van der Waals surface area contributed by atoms with Crippen LogP contribution in [0, 0.1) is 13.8 Å². The summed E-state index contributed by atoms with van der Waals surface area (Å²) in [4.78, 5) is 7.14. The van der Waals surface area contributed by atoms with E-state index in [1.165, 1.54) is 11.1 Å². The highest BCUT2D eigenvalue weighted by Crippen LogP contribution is 2.50. The predicted octanol–water partition coefficient (Wildman–Crippen LogP) is 17.8. The molecule has 0 saturated heterocycles. The highest BCUT2D eigenvalue weighted by Gasteiger charge is 2.43. The van der Waals surface area contributed by atoms with Crippen LogP contribution >= 0.6 is 0 Å². The van der Waals surface area contributed by atoms with Crippen LogP contribution in [0.5, 0.6) is 11.5 Å². The van der Waals surface area contributed by atoms with E-state index in [0.717, 1.165) is 144 Å². The third-order valence-corrected chi connectivity index (χ3v) is 16.1. The molecule has 0 atom stereocenters. The number of furan rings is 2. The number of benzene rings is 12. The number of ether oxygens (including phenoxy) is 1. The Hall–Kier alpha value is -9.98. The first-order valence-corrected chi connectivity index (χ1v) is 26.4. The predicted molar refractivity (Wildman–Crippen MR) is 321 cm³/mol. The molecule has 0 amide bonds. The molecule has 362 valence electrons. The van der Waals surface area contributed by atoms with E-state index in [0.29, 0.717) is 0 Å². The molecule has 0 radical (unpaired) electrons. The van der Waals surface area contributed by atoms with Crippen molar-refractivity contribution in [3.05, 3.63) is 254 Å². The van der Waals surface area contributed by atoms with Gasteiger partial charge in [-0.2, -0.15) is 0 Å². The Morgan fingerprint density at radius 2 is 0.792 bits per heavy atom. The highest BCUT2D eigenvalue weighted by molar-refractivity contribution is 6.99. The van der Waals surface area contributed by atoms with Crippen LogP contribution < -0.4 is 35.8 Å². The van der Waals surface area contributed by atoms with Crippen molar-refractivity contribution < 1.29 is 13.6 Å². The van der Waals surface area contributed by atoms with Crippen LogP contribution in [0.15, 0.2) is 251 Å². The van der Waals surface area contributed by atoms with Crippen LogP contribution in [0.1, 0.15) is 11.1 Å². The summed E-state index contributed by atoms with van der Waals surface area (Å²) in [6.45, 7) is 4.22. The maximum absolute atomic E-state index is 7.24. The minimum Gasteiger partial charge on any atom is -0.458 e.